The lowest BCUT2D eigenvalue weighted by molar-refractivity contribution is -0.118. The summed E-state index contributed by atoms with van der Waals surface area (Å²) < 4.78 is 5.54. The van der Waals surface area contributed by atoms with Crippen LogP contribution in [0.3, 0.4) is 0 Å². The summed E-state index contributed by atoms with van der Waals surface area (Å²) in [5.41, 5.74) is 10.1. The Morgan fingerprint density at radius 3 is 2.61 bits per heavy atom. The lowest BCUT2D eigenvalue weighted by atomic mass is 9.70. The number of hydrogen-bond donors (Lipinski definition) is 3. The number of amides is 1. The van der Waals surface area contributed by atoms with Gasteiger partial charge in [0.1, 0.15) is 17.3 Å². The molecule has 1 aromatic carbocycles. The van der Waals surface area contributed by atoms with Gasteiger partial charge in [-0.05, 0) is 48.2 Å². The molecule has 0 radical (unpaired) electrons. The van der Waals surface area contributed by atoms with Crippen LogP contribution in [0.5, 0.6) is 5.75 Å². The molecule has 1 amide bonds. The highest BCUT2D eigenvalue weighted by Gasteiger charge is 2.45. The summed E-state index contributed by atoms with van der Waals surface area (Å²) in [6.07, 6.45) is 2.26. The van der Waals surface area contributed by atoms with Crippen LogP contribution in [0.1, 0.15) is 48.7 Å². The van der Waals surface area contributed by atoms with Crippen molar-refractivity contribution in [2.24, 2.45) is 11.1 Å². The summed E-state index contributed by atoms with van der Waals surface area (Å²) in [7, 11) is 0. The van der Waals surface area contributed by atoms with Gasteiger partial charge in [-0.3, -0.25) is 15.0 Å². The molecule has 1 unspecified atom stereocenters. The molecule has 1 aromatic heterocycles. The highest BCUT2D eigenvalue weighted by atomic mass is 16.3. The summed E-state index contributed by atoms with van der Waals surface area (Å²) in [4.78, 5) is 26.1. The zero-order chi connectivity index (χ0) is 22.3. The summed E-state index contributed by atoms with van der Waals surface area (Å²) in [6.45, 7) is 3.94. The second kappa shape index (κ2) is 7.36. The van der Waals surface area contributed by atoms with E-state index in [1.54, 1.807) is 12.1 Å². The van der Waals surface area contributed by atoms with E-state index in [-0.39, 0.29) is 28.3 Å². The Morgan fingerprint density at radius 1 is 1.29 bits per heavy atom. The first kappa shape index (κ1) is 20.3. The van der Waals surface area contributed by atoms with Crippen LogP contribution >= 0.6 is 0 Å². The van der Waals surface area contributed by atoms with Gasteiger partial charge < -0.3 is 15.3 Å². The second-order valence-corrected chi connectivity index (χ2v) is 8.48. The van der Waals surface area contributed by atoms with Crippen molar-refractivity contribution in [3.63, 3.8) is 0 Å². The Bertz CT molecular complexity index is 1150. The number of carbonyl (C=O) groups is 2. The van der Waals surface area contributed by atoms with Crippen LogP contribution in [0.2, 0.25) is 0 Å². The standard InChI is InChI=1S/C23H22N4O4/c1-23(2)10-16-20(17(29)11-23)19(18-4-3-9-31-18)15(12-24)21(25)27(16)26-22(30)13-5-7-14(28)8-6-13/h3-9,19,28H,10-11,25H2,1-2H3,(H,26,30). The van der Waals surface area contributed by atoms with E-state index >= 15 is 0 Å². The van der Waals surface area contributed by atoms with E-state index in [1.165, 1.54) is 35.5 Å². The van der Waals surface area contributed by atoms with Gasteiger partial charge in [0.25, 0.3) is 5.91 Å². The molecule has 0 fully saturated rings. The Labute approximate surface area is 179 Å². The van der Waals surface area contributed by atoms with Crippen LogP contribution in [-0.4, -0.2) is 21.8 Å². The number of benzene rings is 1. The van der Waals surface area contributed by atoms with Crippen LogP contribution in [0.25, 0.3) is 0 Å². The number of nitrogens with two attached hydrogens (primary N) is 1. The van der Waals surface area contributed by atoms with Crippen molar-refractivity contribution in [2.45, 2.75) is 32.6 Å². The normalized spacial score (nSPS) is 20.4. The summed E-state index contributed by atoms with van der Waals surface area (Å²) in [5.74, 6) is -0.798. The smallest absolute Gasteiger partial charge is 0.270 e. The van der Waals surface area contributed by atoms with Crippen LogP contribution in [0.4, 0.5) is 0 Å². The zero-order valence-electron chi connectivity index (χ0n) is 17.2. The number of phenolic OH excluding ortho intramolecular Hbond substituents is 1. The van der Waals surface area contributed by atoms with Crippen LogP contribution < -0.4 is 11.2 Å². The van der Waals surface area contributed by atoms with Gasteiger partial charge in [0.15, 0.2) is 5.78 Å². The Hall–Kier alpha value is -3.99. The van der Waals surface area contributed by atoms with Crippen molar-refractivity contribution in [3.05, 3.63) is 76.6 Å². The van der Waals surface area contributed by atoms with Crippen molar-refractivity contribution < 1.29 is 19.1 Å². The SMILES string of the molecule is CC1(C)CC(=O)C2=C(C1)N(NC(=O)c1ccc(O)cc1)C(N)=C(C#N)C2c1ccco1. The molecule has 0 saturated heterocycles. The summed E-state index contributed by atoms with van der Waals surface area (Å²) in [5, 5.41) is 20.7. The van der Waals surface area contributed by atoms with Crippen molar-refractivity contribution in [3.8, 4) is 11.8 Å². The lowest BCUT2D eigenvalue weighted by Crippen LogP contribution is -2.49. The van der Waals surface area contributed by atoms with Gasteiger partial charge in [-0.15, -0.1) is 0 Å². The van der Waals surface area contributed by atoms with Gasteiger partial charge in [0.05, 0.1) is 29.5 Å². The molecule has 8 heteroatoms. The molecule has 1 atom stereocenters. The molecule has 2 aliphatic rings. The molecule has 0 bridgehead atoms. The van der Waals surface area contributed by atoms with Gasteiger partial charge in [-0.25, -0.2) is 5.01 Å². The average molecular weight is 418 g/mol. The second-order valence-electron chi connectivity index (χ2n) is 8.48. The van der Waals surface area contributed by atoms with Gasteiger partial charge >= 0.3 is 0 Å². The maximum atomic E-state index is 13.2. The number of ketones is 1. The largest absolute Gasteiger partial charge is 0.508 e. The van der Waals surface area contributed by atoms with E-state index in [0.29, 0.717) is 35.4 Å². The van der Waals surface area contributed by atoms with E-state index in [1.807, 2.05) is 13.8 Å². The van der Waals surface area contributed by atoms with Crippen molar-refractivity contribution in [1.82, 2.24) is 10.4 Å². The molecular weight excluding hydrogens is 396 g/mol. The Balaban J connectivity index is 1.83. The molecule has 2 heterocycles. The fourth-order valence-electron chi connectivity index (χ4n) is 4.16. The number of rotatable bonds is 3. The van der Waals surface area contributed by atoms with E-state index < -0.39 is 11.8 Å². The van der Waals surface area contributed by atoms with Crippen molar-refractivity contribution >= 4 is 11.7 Å². The molecular formula is C23H22N4O4. The minimum absolute atomic E-state index is 0.0339. The number of nitriles is 1. The molecule has 0 saturated carbocycles. The molecule has 158 valence electrons. The first-order chi connectivity index (χ1) is 14.7. The number of carbonyl (C=O) groups excluding carboxylic acids is 2. The summed E-state index contributed by atoms with van der Waals surface area (Å²) >= 11 is 0. The Kier molecular flexibility index (Phi) is 4.82. The van der Waals surface area contributed by atoms with E-state index in [2.05, 4.69) is 11.5 Å². The van der Waals surface area contributed by atoms with Gasteiger partial charge in [-0.1, -0.05) is 13.8 Å². The Morgan fingerprint density at radius 2 is 2.00 bits per heavy atom. The van der Waals surface area contributed by atoms with Crippen molar-refractivity contribution in [1.29, 1.82) is 5.26 Å². The molecule has 8 nitrogen and oxygen atoms in total. The molecule has 1 aliphatic carbocycles. The van der Waals surface area contributed by atoms with Gasteiger partial charge in [0, 0.05) is 17.6 Å². The third kappa shape index (κ3) is 3.55. The van der Waals surface area contributed by atoms with E-state index in [0.717, 1.165) is 0 Å². The molecule has 2 aromatic rings. The maximum Gasteiger partial charge on any atom is 0.270 e. The molecule has 4 rings (SSSR count). The molecule has 31 heavy (non-hydrogen) atoms. The van der Waals surface area contributed by atoms with Crippen molar-refractivity contribution in [2.75, 3.05) is 0 Å². The number of Topliss-reactive ketones (excluding diaryl/α,β-unsaturated/α-hetero) is 1. The number of phenols is 1. The van der Waals surface area contributed by atoms with E-state index in [9.17, 15) is 20.0 Å². The first-order valence-electron chi connectivity index (χ1n) is 9.81. The number of allylic oxidation sites excluding steroid dienone is 3. The van der Waals surface area contributed by atoms with Crippen LogP contribution in [0.15, 0.2) is 69.7 Å². The quantitative estimate of drug-likeness (QED) is 0.698. The average Bonchev–Trinajstić information content (AvgIpc) is 3.24. The molecule has 0 spiro atoms. The number of nitrogens with one attached hydrogen (secondary N) is 1. The zero-order valence-corrected chi connectivity index (χ0v) is 17.2. The maximum absolute atomic E-state index is 13.2. The predicted octanol–water partition coefficient (Wildman–Crippen LogP) is 3.07. The number of hydrazine groups is 1. The lowest BCUT2D eigenvalue weighted by Gasteiger charge is -2.42. The topological polar surface area (TPSA) is 133 Å². The molecule has 1 aliphatic heterocycles. The highest BCUT2D eigenvalue weighted by molar-refractivity contribution is 6.00. The van der Waals surface area contributed by atoms with E-state index in [4.69, 9.17) is 10.2 Å². The molecule has 4 N–H and O–H groups in total. The number of nitrogens with zero attached hydrogens (tertiary/aromatic N) is 2. The van der Waals surface area contributed by atoms with Gasteiger partial charge in [0.2, 0.25) is 0 Å². The first-order valence-corrected chi connectivity index (χ1v) is 9.81. The van der Waals surface area contributed by atoms with Crippen LogP contribution in [0, 0.1) is 16.7 Å². The summed E-state index contributed by atoms with van der Waals surface area (Å²) in [6, 6.07) is 11.2. The minimum atomic E-state index is -0.722. The fourth-order valence-corrected chi connectivity index (χ4v) is 4.16. The fraction of sp³-hybridized carbons (Fsp3) is 0.261. The van der Waals surface area contributed by atoms with Gasteiger partial charge in [-0.2, -0.15) is 5.26 Å². The minimum Gasteiger partial charge on any atom is -0.508 e. The third-order valence-corrected chi connectivity index (χ3v) is 5.55. The number of aromatic hydroxyl groups is 1. The number of hydrogen-bond acceptors (Lipinski definition) is 7. The monoisotopic (exact) mass is 418 g/mol. The highest BCUT2D eigenvalue weighted by Crippen LogP contribution is 2.48. The van der Waals surface area contributed by atoms with Crippen LogP contribution in [-0.2, 0) is 4.79 Å². The predicted molar refractivity (Wildman–Crippen MR) is 111 cm³/mol. The third-order valence-electron chi connectivity index (χ3n) is 5.55. The number of furan rings is 1.